The van der Waals surface area contributed by atoms with Crippen molar-refractivity contribution in [3.05, 3.63) is 28.8 Å². The highest BCUT2D eigenvalue weighted by atomic mass is 16.5. The molecule has 0 fully saturated rings. The van der Waals surface area contributed by atoms with Crippen molar-refractivity contribution in [3.63, 3.8) is 0 Å². The monoisotopic (exact) mass is 251 g/mol. The lowest BCUT2D eigenvalue weighted by Crippen LogP contribution is -2.37. The average molecular weight is 251 g/mol. The first-order valence-corrected chi connectivity index (χ1v) is 6.37. The molecule has 0 saturated carbocycles. The van der Waals surface area contributed by atoms with Crippen LogP contribution in [0.4, 0.5) is 0 Å². The molecule has 1 aromatic carbocycles. The fourth-order valence-corrected chi connectivity index (χ4v) is 1.93. The van der Waals surface area contributed by atoms with E-state index in [4.69, 9.17) is 15.2 Å². The van der Waals surface area contributed by atoms with Crippen LogP contribution in [0.15, 0.2) is 12.1 Å². The summed E-state index contributed by atoms with van der Waals surface area (Å²) in [7, 11) is 0. The predicted octanol–water partition coefficient (Wildman–Crippen LogP) is 2.74. The molecule has 0 atom stereocenters. The summed E-state index contributed by atoms with van der Waals surface area (Å²) in [5.74, 6) is 0.969. The molecule has 0 radical (unpaired) electrons. The van der Waals surface area contributed by atoms with Gasteiger partial charge in [0, 0.05) is 5.54 Å². The van der Waals surface area contributed by atoms with E-state index in [1.54, 1.807) is 0 Å². The van der Waals surface area contributed by atoms with Gasteiger partial charge in [0.1, 0.15) is 12.4 Å². The van der Waals surface area contributed by atoms with E-state index >= 15 is 0 Å². The Kier molecular flexibility index (Phi) is 5.17. The Labute approximate surface area is 110 Å². The highest BCUT2D eigenvalue weighted by Gasteiger charge is 2.10. The number of hydrogen-bond donors (Lipinski definition) is 1. The second-order valence-electron chi connectivity index (χ2n) is 5.62. The number of ether oxygens (including phenoxy) is 2. The minimum absolute atomic E-state index is 0.282. The van der Waals surface area contributed by atoms with Gasteiger partial charge in [-0.2, -0.15) is 0 Å². The summed E-state index contributed by atoms with van der Waals surface area (Å²) in [5.41, 5.74) is 9.15. The van der Waals surface area contributed by atoms with Crippen LogP contribution >= 0.6 is 0 Å². The fraction of sp³-hybridized carbons (Fsp3) is 0.600. The van der Waals surface area contributed by atoms with Crippen LogP contribution in [0.25, 0.3) is 0 Å². The smallest absolute Gasteiger partial charge is 0.125 e. The number of hydrogen-bond acceptors (Lipinski definition) is 3. The van der Waals surface area contributed by atoms with E-state index < -0.39 is 0 Å². The molecule has 2 N–H and O–H groups in total. The van der Waals surface area contributed by atoms with Crippen molar-refractivity contribution in [2.24, 2.45) is 5.73 Å². The Morgan fingerprint density at radius 3 is 2.11 bits per heavy atom. The van der Waals surface area contributed by atoms with Crippen LogP contribution in [0.3, 0.4) is 0 Å². The van der Waals surface area contributed by atoms with Gasteiger partial charge in [0.2, 0.25) is 0 Å². The Hall–Kier alpha value is -1.06. The zero-order valence-electron chi connectivity index (χ0n) is 12.2. The Balaban J connectivity index is 2.41. The second-order valence-corrected chi connectivity index (χ2v) is 5.62. The molecule has 0 aliphatic rings. The van der Waals surface area contributed by atoms with Gasteiger partial charge in [-0.25, -0.2) is 0 Å². The maximum atomic E-state index is 5.83. The molecule has 18 heavy (non-hydrogen) atoms. The van der Waals surface area contributed by atoms with E-state index in [0.717, 1.165) is 5.75 Å². The molecule has 3 heteroatoms. The van der Waals surface area contributed by atoms with Crippen LogP contribution in [0.1, 0.15) is 30.5 Å². The molecular weight excluding hydrogens is 226 g/mol. The molecule has 0 saturated heterocycles. The lowest BCUT2D eigenvalue weighted by atomic mass is 10.1. The molecule has 3 nitrogen and oxygen atoms in total. The van der Waals surface area contributed by atoms with Crippen LogP contribution in [0.2, 0.25) is 0 Å². The molecule has 0 spiro atoms. The normalized spacial score (nSPS) is 11.7. The van der Waals surface area contributed by atoms with Crippen LogP contribution in [0.5, 0.6) is 5.75 Å². The van der Waals surface area contributed by atoms with Crippen molar-refractivity contribution in [2.45, 2.75) is 40.2 Å². The third-order valence-electron chi connectivity index (χ3n) is 2.55. The lowest BCUT2D eigenvalue weighted by molar-refractivity contribution is 0.0721. The first-order valence-electron chi connectivity index (χ1n) is 6.37. The van der Waals surface area contributed by atoms with E-state index in [1.807, 2.05) is 13.8 Å². The topological polar surface area (TPSA) is 44.5 Å². The summed E-state index contributed by atoms with van der Waals surface area (Å²) in [6, 6.07) is 4.26. The Morgan fingerprint density at radius 2 is 1.61 bits per heavy atom. The first kappa shape index (κ1) is 15.0. The second kappa shape index (κ2) is 6.21. The average Bonchev–Trinajstić information content (AvgIpc) is 2.19. The van der Waals surface area contributed by atoms with Crippen molar-refractivity contribution >= 4 is 0 Å². The minimum atomic E-state index is -0.282. The van der Waals surface area contributed by atoms with Crippen LogP contribution in [-0.4, -0.2) is 25.4 Å². The van der Waals surface area contributed by atoms with Gasteiger partial charge < -0.3 is 15.2 Å². The zero-order chi connectivity index (χ0) is 13.8. The highest BCUT2D eigenvalue weighted by Crippen LogP contribution is 2.24. The van der Waals surface area contributed by atoms with Gasteiger partial charge in [-0.1, -0.05) is 17.7 Å². The summed E-state index contributed by atoms with van der Waals surface area (Å²) >= 11 is 0. The highest BCUT2D eigenvalue weighted by molar-refractivity contribution is 5.42. The van der Waals surface area contributed by atoms with Gasteiger partial charge in [0.15, 0.2) is 0 Å². The first-order chi connectivity index (χ1) is 8.29. The molecule has 102 valence electrons. The van der Waals surface area contributed by atoms with E-state index in [-0.39, 0.29) is 5.54 Å². The number of nitrogens with two attached hydrogens (primary N) is 1. The molecular formula is C15H25NO2. The Morgan fingerprint density at radius 1 is 1.06 bits per heavy atom. The van der Waals surface area contributed by atoms with Crippen molar-refractivity contribution in [1.29, 1.82) is 0 Å². The molecule has 0 unspecified atom stereocenters. The van der Waals surface area contributed by atoms with E-state index in [0.29, 0.717) is 19.8 Å². The van der Waals surface area contributed by atoms with E-state index in [9.17, 15) is 0 Å². The SMILES string of the molecule is Cc1cc(C)c(OCCOCC(C)(C)N)c(C)c1. The van der Waals surface area contributed by atoms with Gasteiger partial charge in [-0.3, -0.25) is 0 Å². The third kappa shape index (κ3) is 5.07. The van der Waals surface area contributed by atoms with Gasteiger partial charge >= 0.3 is 0 Å². The molecule has 0 amide bonds. The lowest BCUT2D eigenvalue weighted by Gasteiger charge is -2.18. The van der Waals surface area contributed by atoms with Crippen molar-refractivity contribution in [3.8, 4) is 5.75 Å². The summed E-state index contributed by atoms with van der Waals surface area (Å²) in [6.07, 6.45) is 0. The summed E-state index contributed by atoms with van der Waals surface area (Å²) in [4.78, 5) is 0. The maximum Gasteiger partial charge on any atom is 0.125 e. The van der Waals surface area contributed by atoms with Gasteiger partial charge in [0.25, 0.3) is 0 Å². The maximum absolute atomic E-state index is 5.83. The molecule has 1 aromatic rings. The van der Waals surface area contributed by atoms with Crippen molar-refractivity contribution < 1.29 is 9.47 Å². The van der Waals surface area contributed by atoms with Crippen molar-refractivity contribution in [1.82, 2.24) is 0 Å². The van der Waals surface area contributed by atoms with Crippen LogP contribution in [0, 0.1) is 20.8 Å². The van der Waals surface area contributed by atoms with Gasteiger partial charge in [-0.05, 0) is 45.7 Å². The molecule has 0 heterocycles. The number of rotatable bonds is 6. The molecule has 0 aliphatic heterocycles. The molecule has 0 aliphatic carbocycles. The van der Waals surface area contributed by atoms with E-state index in [2.05, 4.69) is 32.9 Å². The van der Waals surface area contributed by atoms with Gasteiger partial charge in [-0.15, -0.1) is 0 Å². The minimum Gasteiger partial charge on any atom is -0.491 e. The quantitative estimate of drug-likeness (QED) is 0.791. The fourth-order valence-electron chi connectivity index (χ4n) is 1.93. The predicted molar refractivity (Wildman–Crippen MR) is 75.2 cm³/mol. The summed E-state index contributed by atoms with van der Waals surface area (Å²) in [5, 5.41) is 0. The zero-order valence-corrected chi connectivity index (χ0v) is 12.2. The molecule has 0 bridgehead atoms. The number of aryl methyl sites for hydroxylation is 3. The third-order valence-corrected chi connectivity index (χ3v) is 2.55. The Bertz CT molecular complexity index is 371. The van der Waals surface area contributed by atoms with Gasteiger partial charge in [0.05, 0.1) is 13.2 Å². The van der Waals surface area contributed by atoms with Crippen LogP contribution < -0.4 is 10.5 Å². The summed E-state index contributed by atoms with van der Waals surface area (Å²) < 4.78 is 11.2. The summed E-state index contributed by atoms with van der Waals surface area (Å²) in [6.45, 7) is 11.8. The number of benzene rings is 1. The standard InChI is InChI=1S/C15H25NO2/c1-11-8-12(2)14(13(3)9-11)18-7-6-17-10-15(4,5)16/h8-9H,6-7,10,16H2,1-5H3. The van der Waals surface area contributed by atoms with Crippen LogP contribution in [-0.2, 0) is 4.74 Å². The van der Waals surface area contributed by atoms with E-state index in [1.165, 1.54) is 16.7 Å². The molecule has 1 rings (SSSR count). The van der Waals surface area contributed by atoms with Crippen molar-refractivity contribution in [2.75, 3.05) is 19.8 Å². The molecule has 0 aromatic heterocycles. The largest absolute Gasteiger partial charge is 0.491 e.